The first-order valence-electron chi connectivity index (χ1n) is 8.19. The van der Waals surface area contributed by atoms with Gasteiger partial charge in [-0.2, -0.15) is 0 Å². The fourth-order valence-corrected chi connectivity index (χ4v) is 3.74. The molecule has 5 heteroatoms. The Bertz CT molecular complexity index is 376. The zero-order valence-corrected chi connectivity index (χ0v) is 13.1. The van der Waals surface area contributed by atoms with Crippen LogP contribution >= 0.6 is 0 Å². The maximum atomic E-state index is 12.7. The second kappa shape index (κ2) is 7.25. The molecule has 1 amide bonds. The minimum absolute atomic E-state index is 0.0494. The van der Waals surface area contributed by atoms with E-state index in [4.69, 9.17) is 4.74 Å². The van der Waals surface area contributed by atoms with Gasteiger partial charge in [0.1, 0.15) is 0 Å². The van der Waals surface area contributed by atoms with E-state index < -0.39 is 11.9 Å². The fraction of sp³-hybridized carbons (Fsp3) is 0.875. The number of carbonyl (C=O) groups is 2. The van der Waals surface area contributed by atoms with E-state index >= 15 is 0 Å². The third kappa shape index (κ3) is 3.76. The minimum Gasteiger partial charge on any atom is -0.481 e. The molecule has 0 aromatic rings. The highest BCUT2D eigenvalue weighted by molar-refractivity contribution is 5.85. The second-order valence-electron chi connectivity index (χ2n) is 6.28. The maximum Gasteiger partial charge on any atom is 0.307 e. The van der Waals surface area contributed by atoms with Gasteiger partial charge < -0.3 is 14.7 Å². The van der Waals surface area contributed by atoms with Crippen LogP contribution in [-0.2, 0) is 14.3 Å². The summed E-state index contributed by atoms with van der Waals surface area (Å²) < 4.78 is 5.60. The van der Waals surface area contributed by atoms with Crippen LogP contribution in [0.5, 0.6) is 0 Å². The van der Waals surface area contributed by atoms with Gasteiger partial charge in [0.2, 0.25) is 5.91 Å². The van der Waals surface area contributed by atoms with Crippen molar-refractivity contribution >= 4 is 11.9 Å². The van der Waals surface area contributed by atoms with Crippen molar-refractivity contribution in [1.82, 2.24) is 4.90 Å². The highest BCUT2D eigenvalue weighted by Gasteiger charge is 2.44. The summed E-state index contributed by atoms with van der Waals surface area (Å²) in [5.41, 5.74) is 0. The van der Waals surface area contributed by atoms with Crippen LogP contribution in [0.1, 0.15) is 46.0 Å². The Morgan fingerprint density at radius 2 is 1.76 bits per heavy atom. The Morgan fingerprint density at radius 3 is 2.29 bits per heavy atom. The standard InChI is InChI=1S/C16H27NO4/c1-3-11-9-13(14(10-11)16(19)20)15(18)17-7-5-12(6-8-17)21-4-2/h11-14H,3-10H2,1-2H3,(H,19,20)/t11?,13-,14+/m0/s1. The number of carboxylic acid groups (broad SMARTS) is 1. The average Bonchev–Trinajstić information content (AvgIpc) is 2.92. The number of carbonyl (C=O) groups excluding carboxylic acids is 1. The third-order valence-corrected chi connectivity index (χ3v) is 5.03. The third-order valence-electron chi connectivity index (χ3n) is 5.03. The summed E-state index contributed by atoms with van der Waals surface area (Å²) in [6.45, 7) is 6.16. The molecule has 21 heavy (non-hydrogen) atoms. The maximum absolute atomic E-state index is 12.7. The van der Waals surface area contributed by atoms with Gasteiger partial charge in [0, 0.05) is 19.7 Å². The predicted octanol–water partition coefficient (Wildman–Crippen LogP) is 2.15. The fourth-order valence-electron chi connectivity index (χ4n) is 3.74. The van der Waals surface area contributed by atoms with Crippen LogP contribution < -0.4 is 0 Å². The summed E-state index contributed by atoms with van der Waals surface area (Å²) in [4.78, 5) is 25.9. The lowest BCUT2D eigenvalue weighted by atomic mass is 9.93. The molecule has 1 saturated heterocycles. The smallest absolute Gasteiger partial charge is 0.307 e. The Labute approximate surface area is 126 Å². The molecular weight excluding hydrogens is 270 g/mol. The second-order valence-corrected chi connectivity index (χ2v) is 6.28. The number of carboxylic acids is 1. The van der Waals surface area contributed by atoms with Gasteiger partial charge in [0.05, 0.1) is 17.9 Å². The van der Waals surface area contributed by atoms with Gasteiger partial charge in [0.25, 0.3) is 0 Å². The summed E-state index contributed by atoms with van der Waals surface area (Å²) in [5, 5.41) is 9.37. The Hall–Kier alpha value is -1.10. The van der Waals surface area contributed by atoms with Crippen LogP contribution in [-0.4, -0.2) is 47.7 Å². The van der Waals surface area contributed by atoms with Gasteiger partial charge in [0.15, 0.2) is 0 Å². The number of likely N-dealkylation sites (tertiary alicyclic amines) is 1. The van der Waals surface area contributed by atoms with Gasteiger partial charge in [-0.3, -0.25) is 9.59 Å². The van der Waals surface area contributed by atoms with E-state index in [1.54, 1.807) is 0 Å². The molecular formula is C16H27NO4. The first-order chi connectivity index (χ1) is 10.1. The van der Waals surface area contributed by atoms with Gasteiger partial charge in [-0.25, -0.2) is 0 Å². The lowest BCUT2D eigenvalue weighted by Crippen LogP contribution is -2.45. The molecule has 1 aliphatic carbocycles. The summed E-state index contributed by atoms with van der Waals surface area (Å²) in [6, 6.07) is 0. The summed E-state index contributed by atoms with van der Waals surface area (Å²) in [7, 11) is 0. The van der Waals surface area contributed by atoms with Crippen molar-refractivity contribution in [3.8, 4) is 0 Å². The van der Waals surface area contributed by atoms with E-state index in [-0.39, 0.29) is 17.9 Å². The first kappa shape index (κ1) is 16.3. The number of hydrogen-bond acceptors (Lipinski definition) is 3. The van der Waals surface area contributed by atoms with Crippen LogP contribution in [0.15, 0.2) is 0 Å². The molecule has 3 atom stereocenters. The summed E-state index contributed by atoms with van der Waals surface area (Å²) in [6.07, 6.45) is 4.32. The number of aliphatic carboxylic acids is 1. The van der Waals surface area contributed by atoms with E-state index in [2.05, 4.69) is 6.92 Å². The van der Waals surface area contributed by atoms with Gasteiger partial charge in [-0.05, 0) is 38.5 Å². The molecule has 1 unspecified atom stereocenters. The van der Waals surface area contributed by atoms with E-state index in [1.165, 1.54) is 0 Å². The minimum atomic E-state index is -0.812. The molecule has 2 rings (SSSR count). The molecule has 1 N–H and O–H groups in total. The number of nitrogens with zero attached hydrogens (tertiary/aromatic N) is 1. The molecule has 0 spiro atoms. The van der Waals surface area contributed by atoms with Crippen LogP contribution in [0.2, 0.25) is 0 Å². The Balaban J connectivity index is 1.94. The van der Waals surface area contributed by atoms with Crippen molar-refractivity contribution in [3.63, 3.8) is 0 Å². The summed E-state index contributed by atoms with van der Waals surface area (Å²) >= 11 is 0. The predicted molar refractivity (Wildman–Crippen MR) is 78.9 cm³/mol. The number of piperidine rings is 1. The van der Waals surface area contributed by atoms with Gasteiger partial charge in [-0.15, -0.1) is 0 Å². The average molecular weight is 297 g/mol. The van der Waals surface area contributed by atoms with E-state index in [0.717, 1.165) is 25.7 Å². The van der Waals surface area contributed by atoms with E-state index in [0.29, 0.717) is 32.0 Å². The Morgan fingerprint density at radius 1 is 1.14 bits per heavy atom. The van der Waals surface area contributed by atoms with Crippen LogP contribution in [0.25, 0.3) is 0 Å². The normalized spacial score (nSPS) is 30.6. The van der Waals surface area contributed by atoms with Crippen molar-refractivity contribution < 1.29 is 19.4 Å². The molecule has 5 nitrogen and oxygen atoms in total. The van der Waals surface area contributed by atoms with Crippen molar-refractivity contribution in [1.29, 1.82) is 0 Å². The first-order valence-corrected chi connectivity index (χ1v) is 8.19. The topological polar surface area (TPSA) is 66.8 Å². The van der Waals surface area contributed by atoms with Crippen molar-refractivity contribution in [2.45, 2.75) is 52.1 Å². The van der Waals surface area contributed by atoms with Crippen LogP contribution in [0.3, 0.4) is 0 Å². The molecule has 120 valence electrons. The van der Waals surface area contributed by atoms with Crippen molar-refractivity contribution in [2.75, 3.05) is 19.7 Å². The van der Waals surface area contributed by atoms with E-state index in [1.807, 2.05) is 11.8 Å². The molecule has 0 aromatic heterocycles. The largest absolute Gasteiger partial charge is 0.481 e. The monoisotopic (exact) mass is 297 g/mol. The van der Waals surface area contributed by atoms with Crippen molar-refractivity contribution in [3.05, 3.63) is 0 Å². The highest BCUT2D eigenvalue weighted by atomic mass is 16.5. The molecule has 1 aliphatic heterocycles. The molecule has 0 radical (unpaired) electrons. The molecule has 0 bridgehead atoms. The molecule has 1 saturated carbocycles. The SMILES string of the molecule is CCOC1CCN(C(=O)[C@H]2CC(CC)C[C@H]2C(=O)O)CC1. The van der Waals surface area contributed by atoms with Crippen molar-refractivity contribution in [2.24, 2.45) is 17.8 Å². The highest BCUT2D eigenvalue weighted by Crippen LogP contribution is 2.39. The number of ether oxygens (including phenoxy) is 1. The van der Waals surface area contributed by atoms with Gasteiger partial charge in [-0.1, -0.05) is 13.3 Å². The molecule has 2 aliphatic rings. The van der Waals surface area contributed by atoms with Crippen LogP contribution in [0, 0.1) is 17.8 Å². The lowest BCUT2D eigenvalue weighted by Gasteiger charge is -2.34. The zero-order valence-electron chi connectivity index (χ0n) is 13.1. The van der Waals surface area contributed by atoms with Crippen LogP contribution in [0.4, 0.5) is 0 Å². The zero-order chi connectivity index (χ0) is 15.4. The van der Waals surface area contributed by atoms with Gasteiger partial charge >= 0.3 is 5.97 Å². The molecule has 1 heterocycles. The Kier molecular flexibility index (Phi) is 5.62. The number of hydrogen-bond donors (Lipinski definition) is 1. The quantitative estimate of drug-likeness (QED) is 0.844. The lowest BCUT2D eigenvalue weighted by molar-refractivity contribution is -0.150. The summed E-state index contributed by atoms with van der Waals surface area (Å²) in [5.74, 6) is -1.20. The molecule has 2 fully saturated rings. The molecule has 0 aromatic carbocycles. The number of rotatable bonds is 5. The number of amides is 1. The van der Waals surface area contributed by atoms with E-state index in [9.17, 15) is 14.7 Å².